The summed E-state index contributed by atoms with van der Waals surface area (Å²) in [4.78, 5) is 29.4. The molecule has 3 rings (SSSR count). The van der Waals surface area contributed by atoms with Gasteiger partial charge in [0.05, 0.1) is 13.2 Å². The van der Waals surface area contributed by atoms with E-state index < -0.39 is 11.5 Å². The van der Waals surface area contributed by atoms with Crippen LogP contribution >= 0.6 is 0 Å². The Bertz CT molecular complexity index is 1030. The van der Waals surface area contributed by atoms with Gasteiger partial charge in [0.25, 0.3) is 11.5 Å². The molecule has 0 aliphatic carbocycles. The summed E-state index contributed by atoms with van der Waals surface area (Å²) in [5, 5.41) is 2.74. The second-order valence-electron chi connectivity index (χ2n) is 6.22. The van der Waals surface area contributed by atoms with Crippen LogP contribution < -0.4 is 20.3 Å². The predicted molar refractivity (Wildman–Crippen MR) is 107 cm³/mol. The molecule has 1 N–H and O–H groups in total. The number of fused-ring (bicyclic) bond motifs is 1. The molecule has 0 unspecified atom stereocenters. The zero-order valence-corrected chi connectivity index (χ0v) is 16.0. The van der Waals surface area contributed by atoms with E-state index in [0.29, 0.717) is 36.0 Å². The van der Waals surface area contributed by atoms with Crippen molar-refractivity contribution in [3.05, 3.63) is 64.7 Å². The number of nitrogens with one attached hydrogen (secondary N) is 1. The van der Waals surface area contributed by atoms with Gasteiger partial charge in [-0.1, -0.05) is 19.9 Å². The van der Waals surface area contributed by atoms with Crippen molar-refractivity contribution < 1.29 is 14.3 Å². The summed E-state index contributed by atoms with van der Waals surface area (Å²) in [7, 11) is 0. The van der Waals surface area contributed by atoms with Gasteiger partial charge in [-0.05, 0) is 37.1 Å². The maximum Gasteiger partial charge on any atom is 0.270 e. The van der Waals surface area contributed by atoms with Crippen molar-refractivity contribution in [1.82, 2.24) is 9.38 Å². The molecule has 0 aliphatic heterocycles. The van der Waals surface area contributed by atoms with Crippen LogP contribution in [-0.2, 0) is 0 Å². The first-order chi connectivity index (χ1) is 13.6. The van der Waals surface area contributed by atoms with E-state index >= 15 is 0 Å². The lowest BCUT2D eigenvalue weighted by atomic mass is 10.2. The number of rotatable bonds is 8. The number of pyridine rings is 1. The molecule has 0 spiro atoms. The number of ether oxygens (including phenoxy) is 2. The van der Waals surface area contributed by atoms with Gasteiger partial charge in [-0.25, -0.2) is 4.98 Å². The van der Waals surface area contributed by atoms with Crippen molar-refractivity contribution in [2.45, 2.75) is 26.7 Å². The fraction of sp³-hybridized carbons (Fsp3) is 0.286. The van der Waals surface area contributed by atoms with Gasteiger partial charge in [-0.2, -0.15) is 0 Å². The van der Waals surface area contributed by atoms with Crippen LogP contribution in [0.25, 0.3) is 5.65 Å². The number of anilines is 1. The fourth-order valence-corrected chi connectivity index (χ4v) is 2.62. The van der Waals surface area contributed by atoms with Gasteiger partial charge in [0.15, 0.2) is 11.5 Å². The molecular formula is C21H23N3O4. The third-order valence-electron chi connectivity index (χ3n) is 3.98. The van der Waals surface area contributed by atoms with Crippen molar-refractivity contribution in [3.63, 3.8) is 0 Å². The molecule has 2 aromatic heterocycles. The number of carbonyl (C=O) groups excluding carboxylic acids is 1. The molecule has 0 aliphatic rings. The van der Waals surface area contributed by atoms with Gasteiger partial charge >= 0.3 is 0 Å². The Hall–Kier alpha value is -3.35. The minimum atomic E-state index is -0.528. The summed E-state index contributed by atoms with van der Waals surface area (Å²) in [6.07, 6.45) is 4.60. The molecule has 2 heterocycles. The molecule has 1 amide bonds. The third kappa shape index (κ3) is 4.31. The fourth-order valence-electron chi connectivity index (χ4n) is 2.62. The first-order valence-electron chi connectivity index (χ1n) is 9.31. The molecule has 0 saturated carbocycles. The molecular weight excluding hydrogens is 358 g/mol. The van der Waals surface area contributed by atoms with Crippen LogP contribution in [0.15, 0.2) is 53.6 Å². The monoisotopic (exact) mass is 381 g/mol. The smallest absolute Gasteiger partial charge is 0.270 e. The highest BCUT2D eigenvalue weighted by molar-refractivity contribution is 6.04. The van der Waals surface area contributed by atoms with Gasteiger partial charge in [0.2, 0.25) is 0 Å². The van der Waals surface area contributed by atoms with Crippen molar-refractivity contribution >= 4 is 17.2 Å². The van der Waals surface area contributed by atoms with E-state index in [-0.39, 0.29) is 5.56 Å². The van der Waals surface area contributed by atoms with E-state index in [2.05, 4.69) is 10.3 Å². The first kappa shape index (κ1) is 19.4. The highest BCUT2D eigenvalue weighted by atomic mass is 16.5. The van der Waals surface area contributed by atoms with Crippen molar-refractivity contribution in [1.29, 1.82) is 0 Å². The van der Waals surface area contributed by atoms with Crippen LogP contribution in [0.1, 0.15) is 37.0 Å². The van der Waals surface area contributed by atoms with Crippen LogP contribution in [0.5, 0.6) is 11.5 Å². The number of carbonyl (C=O) groups is 1. The molecule has 28 heavy (non-hydrogen) atoms. The lowest BCUT2D eigenvalue weighted by Crippen LogP contribution is -2.26. The van der Waals surface area contributed by atoms with Crippen LogP contribution in [0.4, 0.5) is 5.69 Å². The summed E-state index contributed by atoms with van der Waals surface area (Å²) in [6, 6.07) is 10.4. The number of nitrogens with zero attached hydrogens (tertiary/aromatic N) is 2. The Balaban J connectivity index is 1.85. The second kappa shape index (κ2) is 9.03. The lowest BCUT2D eigenvalue weighted by Gasteiger charge is -2.14. The molecule has 0 bridgehead atoms. The van der Waals surface area contributed by atoms with Gasteiger partial charge in [-0.3, -0.25) is 14.0 Å². The summed E-state index contributed by atoms with van der Waals surface area (Å²) in [6.45, 7) is 5.15. The Morgan fingerprint density at radius 2 is 1.82 bits per heavy atom. The molecule has 0 saturated heterocycles. The Morgan fingerprint density at radius 1 is 1.07 bits per heavy atom. The molecule has 7 nitrogen and oxygen atoms in total. The summed E-state index contributed by atoms with van der Waals surface area (Å²) < 4.78 is 12.8. The van der Waals surface area contributed by atoms with Crippen LogP contribution in [0.2, 0.25) is 0 Å². The molecule has 0 atom stereocenters. The minimum absolute atomic E-state index is 0.0361. The summed E-state index contributed by atoms with van der Waals surface area (Å²) in [5.74, 6) is 0.654. The average Bonchev–Trinajstić information content (AvgIpc) is 2.72. The molecule has 7 heteroatoms. The maximum atomic E-state index is 12.6. The normalized spacial score (nSPS) is 10.6. The van der Waals surface area contributed by atoms with Gasteiger partial charge in [0.1, 0.15) is 11.2 Å². The van der Waals surface area contributed by atoms with Crippen LogP contribution in [0, 0.1) is 0 Å². The predicted octanol–water partition coefficient (Wildman–Crippen LogP) is 3.52. The lowest BCUT2D eigenvalue weighted by molar-refractivity contribution is 0.102. The molecule has 0 radical (unpaired) electrons. The SMILES string of the molecule is CCCOc1ccc(NC(=O)c2cnc3ccccn3c2=O)cc1OCCC. The Labute approximate surface area is 162 Å². The van der Waals surface area contributed by atoms with E-state index in [1.54, 1.807) is 42.6 Å². The van der Waals surface area contributed by atoms with Crippen molar-refractivity contribution in [3.8, 4) is 11.5 Å². The largest absolute Gasteiger partial charge is 0.490 e. The highest BCUT2D eigenvalue weighted by Gasteiger charge is 2.15. The zero-order chi connectivity index (χ0) is 19.9. The number of hydrogen-bond donors (Lipinski definition) is 1. The molecule has 3 aromatic rings. The topological polar surface area (TPSA) is 81.9 Å². The van der Waals surface area contributed by atoms with Crippen molar-refractivity contribution in [2.75, 3.05) is 18.5 Å². The van der Waals surface area contributed by atoms with E-state index in [1.165, 1.54) is 10.6 Å². The first-order valence-corrected chi connectivity index (χ1v) is 9.31. The number of amides is 1. The van der Waals surface area contributed by atoms with E-state index in [4.69, 9.17) is 9.47 Å². The van der Waals surface area contributed by atoms with E-state index in [9.17, 15) is 9.59 Å². The molecule has 1 aromatic carbocycles. The maximum absolute atomic E-state index is 12.6. The Morgan fingerprint density at radius 3 is 2.57 bits per heavy atom. The second-order valence-corrected chi connectivity index (χ2v) is 6.22. The summed E-state index contributed by atoms with van der Waals surface area (Å²) in [5.41, 5.74) is 0.536. The van der Waals surface area contributed by atoms with Gasteiger partial charge in [0, 0.05) is 24.1 Å². The molecule has 146 valence electrons. The standard InChI is InChI=1S/C21H23N3O4/c1-3-11-27-17-9-8-15(13-18(17)28-12-4-2)23-20(25)16-14-22-19-7-5-6-10-24(19)21(16)26/h5-10,13-14H,3-4,11-12H2,1-2H3,(H,23,25). The quantitative estimate of drug-likeness (QED) is 0.646. The van der Waals surface area contributed by atoms with E-state index in [0.717, 1.165) is 12.8 Å². The van der Waals surface area contributed by atoms with Gasteiger partial charge < -0.3 is 14.8 Å². The molecule has 0 fully saturated rings. The number of benzene rings is 1. The van der Waals surface area contributed by atoms with Crippen LogP contribution in [-0.4, -0.2) is 28.5 Å². The highest BCUT2D eigenvalue weighted by Crippen LogP contribution is 2.31. The number of aromatic nitrogens is 2. The van der Waals surface area contributed by atoms with E-state index in [1.807, 2.05) is 13.8 Å². The Kier molecular flexibility index (Phi) is 6.26. The third-order valence-corrected chi connectivity index (χ3v) is 3.98. The zero-order valence-electron chi connectivity index (χ0n) is 16.0. The number of hydrogen-bond acceptors (Lipinski definition) is 5. The van der Waals surface area contributed by atoms with Crippen molar-refractivity contribution in [2.24, 2.45) is 0 Å². The summed E-state index contributed by atoms with van der Waals surface area (Å²) >= 11 is 0. The average molecular weight is 381 g/mol. The van der Waals surface area contributed by atoms with Gasteiger partial charge in [-0.15, -0.1) is 0 Å². The minimum Gasteiger partial charge on any atom is -0.490 e. The van der Waals surface area contributed by atoms with Crippen LogP contribution in [0.3, 0.4) is 0 Å².